The first-order valence-corrected chi connectivity index (χ1v) is 12.2. The number of hydrogen-bond acceptors (Lipinski definition) is 5. The summed E-state index contributed by atoms with van der Waals surface area (Å²) in [7, 11) is -3.61. The van der Waals surface area contributed by atoms with Crippen LogP contribution >= 0.6 is 0 Å². The van der Waals surface area contributed by atoms with Crippen LogP contribution in [0.3, 0.4) is 0 Å². The summed E-state index contributed by atoms with van der Waals surface area (Å²) in [5.74, 6) is -0.178. The van der Waals surface area contributed by atoms with Crippen LogP contribution in [0.2, 0.25) is 0 Å². The van der Waals surface area contributed by atoms with Crippen LogP contribution in [0.15, 0.2) is 17.2 Å². The molecular formula is C20H30N6O3S. The Morgan fingerprint density at radius 3 is 2.73 bits per heavy atom. The molecule has 30 heavy (non-hydrogen) atoms. The Morgan fingerprint density at radius 2 is 2.03 bits per heavy atom. The van der Waals surface area contributed by atoms with Crippen LogP contribution in [0.4, 0.5) is 0 Å². The van der Waals surface area contributed by atoms with Gasteiger partial charge in [0, 0.05) is 37.3 Å². The number of nitrogens with one attached hydrogen (secondary N) is 2. The molecule has 1 atom stereocenters. The smallest absolute Gasteiger partial charge is 0.271 e. The van der Waals surface area contributed by atoms with Gasteiger partial charge in [-0.1, -0.05) is 12.8 Å². The highest BCUT2D eigenvalue weighted by atomic mass is 32.2. The van der Waals surface area contributed by atoms with Gasteiger partial charge in [0.05, 0.1) is 11.9 Å². The van der Waals surface area contributed by atoms with Crippen LogP contribution in [0.1, 0.15) is 73.2 Å². The molecule has 0 unspecified atom stereocenters. The Morgan fingerprint density at radius 1 is 1.27 bits per heavy atom. The molecule has 1 aliphatic heterocycles. The standard InChI is InChI=1S/C20H30N6O3S/c1-3-26-14(2)19(12-21-26)30(28,29)25-10-6-7-15(13-25)17-11-18(24-23-17)20(27)22-16-8-4-5-9-16/h11-12,15-16H,3-10,13H2,1-2H3,(H,22,27)(H,23,24)/t15-/m0/s1. The van der Waals surface area contributed by atoms with E-state index in [0.29, 0.717) is 31.0 Å². The molecule has 1 saturated heterocycles. The quantitative estimate of drug-likeness (QED) is 0.723. The van der Waals surface area contributed by atoms with E-state index in [-0.39, 0.29) is 22.8 Å². The molecule has 0 radical (unpaired) electrons. The van der Waals surface area contributed by atoms with Crippen LogP contribution < -0.4 is 5.32 Å². The Labute approximate surface area is 177 Å². The number of aryl methyl sites for hydroxylation is 1. The molecule has 2 aromatic rings. The molecule has 9 nitrogen and oxygen atoms in total. The molecule has 1 amide bonds. The third kappa shape index (κ3) is 4.02. The van der Waals surface area contributed by atoms with E-state index in [9.17, 15) is 13.2 Å². The van der Waals surface area contributed by atoms with Gasteiger partial charge in [-0.3, -0.25) is 14.6 Å². The summed E-state index contributed by atoms with van der Waals surface area (Å²) in [4.78, 5) is 12.7. The lowest BCUT2D eigenvalue weighted by Gasteiger charge is -2.31. The highest BCUT2D eigenvalue weighted by Crippen LogP contribution is 2.30. The van der Waals surface area contributed by atoms with Gasteiger partial charge in [0.15, 0.2) is 0 Å². The Kier molecular flexibility index (Phi) is 5.97. The highest BCUT2D eigenvalue weighted by molar-refractivity contribution is 7.89. The molecule has 0 spiro atoms. The topological polar surface area (TPSA) is 113 Å². The minimum Gasteiger partial charge on any atom is -0.348 e. The zero-order valence-electron chi connectivity index (χ0n) is 17.6. The number of aromatic amines is 1. The lowest BCUT2D eigenvalue weighted by Crippen LogP contribution is -2.39. The molecule has 4 rings (SSSR count). The van der Waals surface area contributed by atoms with Crippen LogP contribution in [0.5, 0.6) is 0 Å². The second-order valence-corrected chi connectivity index (χ2v) is 10.2. The van der Waals surface area contributed by atoms with Gasteiger partial charge >= 0.3 is 0 Å². The predicted molar refractivity (Wildman–Crippen MR) is 112 cm³/mol. The number of piperidine rings is 1. The molecule has 2 N–H and O–H groups in total. The van der Waals surface area contributed by atoms with Crippen molar-refractivity contribution in [2.24, 2.45) is 0 Å². The fraction of sp³-hybridized carbons (Fsp3) is 0.650. The molecular weight excluding hydrogens is 404 g/mol. The van der Waals surface area contributed by atoms with Crippen molar-refractivity contribution in [3.8, 4) is 0 Å². The maximum absolute atomic E-state index is 13.2. The summed E-state index contributed by atoms with van der Waals surface area (Å²) in [5.41, 5.74) is 1.84. The Bertz CT molecular complexity index is 1010. The zero-order chi connectivity index (χ0) is 21.3. The van der Waals surface area contributed by atoms with E-state index in [0.717, 1.165) is 44.2 Å². The summed E-state index contributed by atoms with van der Waals surface area (Å²) in [6, 6.07) is 2.01. The molecule has 2 fully saturated rings. The summed E-state index contributed by atoms with van der Waals surface area (Å²) in [6.07, 6.45) is 7.40. The number of carbonyl (C=O) groups excluding carboxylic acids is 1. The number of hydrogen-bond donors (Lipinski definition) is 2. The van der Waals surface area contributed by atoms with Crippen molar-refractivity contribution < 1.29 is 13.2 Å². The van der Waals surface area contributed by atoms with Gasteiger partial charge in [-0.05, 0) is 45.6 Å². The van der Waals surface area contributed by atoms with Crippen molar-refractivity contribution >= 4 is 15.9 Å². The van der Waals surface area contributed by atoms with Crippen molar-refractivity contribution in [1.29, 1.82) is 0 Å². The lowest BCUT2D eigenvalue weighted by molar-refractivity contribution is 0.0932. The van der Waals surface area contributed by atoms with Crippen molar-refractivity contribution in [3.63, 3.8) is 0 Å². The molecule has 1 saturated carbocycles. The average Bonchev–Trinajstić information content (AvgIpc) is 3.49. The lowest BCUT2D eigenvalue weighted by atomic mass is 9.96. The molecule has 1 aliphatic carbocycles. The van der Waals surface area contributed by atoms with E-state index in [1.54, 1.807) is 17.7 Å². The molecule has 2 aliphatic rings. The highest BCUT2D eigenvalue weighted by Gasteiger charge is 2.34. The SMILES string of the molecule is CCn1ncc(S(=O)(=O)N2CCC[C@H](c3cc(C(=O)NC4CCCC4)n[nH]3)C2)c1C. The summed E-state index contributed by atoms with van der Waals surface area (Å²) in [6.45, 7) is 5.20. The maximum atomic E-state index is 13.2. The van der Waals surface area contributed by atoms with Crippen LogP contribution in [-0.2, 0) is 16.6 Å². The Hall–Kier alpha value is -2.20. The second kappa shape index (κ2) is 8.50. The second-order valence-electron chi connectivity index (χ2n) is 8.28. The normalized spacial score (nSPS) is 21.2. The van der Waals surface area contributed by atoms with E-state index in [4.69, 9.17) is 0 Å². The van der Waals surface area contributed by atoms with Crippen molar-refractivity contribution in [3.05, 3.63) is 29.3 Å². The van der Waals surface area contributed by atoms with Crippen molar-refractivity contribution in [2.75, 3.05) is 13.1 Å². The molecule has 0 bridgehead atoms. The van der Waals surface area contributed by atoms with Crippen molar-refractivity contribution in [1.82, 2.24) is 29.6 Å². The molecule has 0 aromatic carbocycles. The Balaban J connectivity index is 1.47. The zero-order valence-corrected chi connectivity index (χ0v) is 18.4. The molecule has 10 heteroatoms. The van der Waals surface area contributed by atoms with Gasteiger partial charge in [0.2, 0.25) is 10.0 Å². The number of carbonyl (C=O) groups is 1. The average molecular weight is 435 g/mol. The largest absolute Gasteiger partial charge is 0.348 e. The first-order valence-electron chi connectivity index (χ1n) is 10.8. The minimum atomic E-state index is -3.61. The number of nitrogens with zero attached hydrogens (tertiary/aromatic N) is 4. The van der Waals surface area contributed by atoms with Crippen LogP contribution in [0.25, 0.3) is 0 Å². The summed E-state index contributed by atoms with van der Waals surface area (Å²) in [5, 5.41) is 14.4. The third-order valence-electron chi connectivity index (χ3n) is 6.32. The minimum absolute atomic E-state index is 0.0180. The predicted octanol–water partition coefficient (Wildman–Crippen LogP) is 2.18. The summed E-state index contributed by atoms with van der Waals surface area (Å²) < 4.78 is 29.6. The monoisotopic (exact) mass is 434 g/mol. The van der Waals surface area contributed by atoms with Gasteiger partial charge in [-0.15, -0.1) is 0 Å². The fourth-order valence-electron chi connectivity index (χ4n) is 4.55. The molecule has 164 valence electrons. The molecule has 2 aromatic heterocycles. The first kappa shape index (κ1) is 21.0. The van der Waals surface area contributed by atoms with E-state index in [1.165, 1.54) is 10.5 Å². The van der Waals surface area contributed by atoms with Gasteiger partial charge in [0.1, 0.15) is 10.6 Å². The number of aromatic nitrogens is 4. The molecule has 3 heterocycles. The third-order valence-corrected chi connectivity index (χ3v) is 8.29. The van der Waals surface area contributed by atoms with Gasteiger partial charge in [0.25, 0.3) is 5.91 Å². The number of sulfonamides is 1. The number of amides is 1. The number of H-pyrrole nitrogens is 1. The van der Waals surface area contributed by atoms with E-state index >= 15 is 0 Å². The van der Waals surface area contributed by atoms with Crippen molar-refractivity contribution in [2.45, 2.75) is 75.8 Å². The summed E-state index contributed by atoms with van der Waals surface area (Å²) >= 11 is 0. The van der Waals surface area contributed by atoms with E-state index in [1.807, 2.05) is 6.92 Å². The van der Waals surface area contributed by atoms with Gasteiger partial charge < -0.3 is 5.32 Å². The van der Waals surface area contributed by atoms with E-state index in [2.05, 4.69) is 20.6 Å². The van der Waals surface area contributed by atoms with Crippen LogP contribution in [0, 0.1) is 6.92 Å². The first-order chi connectivity index (χ1) is 14.4. The maximum Gasteiger partial charge on any atom is 0.271 e. The van der Waals surface area contributed by atoms with Crippen LogP contribution in [-0.4, -0.2) is 57.7 Å². The fourth-order valence-corrected chi connectivity index (χ4v) is 6.23. The van der Waals surface area contributed by atoms with Gasteiger partial charge in [-0.2, -0.15) is 14.5 Å². The van der Waals surface area contributed by atoms with E-state index < -0.39 is 10.0 Å². The van der Waals surface area contributed by atoms with Gasteiger partial charge in [-0.25, -0.2) is 8.42 Å². The number of rotatable bonds is 6.